The second-order valence-electron chi connectivity index (χ2n) is 4.61. The van der Waals surface area contributed by atoms with Crippen LogP contribution < -0.4 is 0 Å². The molecule has 0 amide bonds. The summed E-state index contributed by atoms with van der Waals surface area (Å²) in [4.78, 5) is 43.6. The third-order valence-corrected chi connectivity index (χ3v) is 3.03. The molecule has 0 aliphatic heterocycles. The van der Waals surface area contributed by atoms with E-state index in [1.165, 1.54) is 30.3 Å². The number of rotatable bonds is 6. The number of ketones is 1. The Balaban J connectivity index is 2.00. The molecule has 0 bridgehead atoms. The van der Waals surface area contributed by atoms with Crippen molar-refractivity contribution >= 4 is 23.1 Å². The highest BCUT2D eigenvalue weighted by atomic mass is 16.6. The summed E-state index contributed by atoms with van der Waals surface area (Å²) in [6, 6.07) is 9.74. The number of non-ortho nitro benzene ring substituents is 2. The lowest BCUT2D eigenvalue weighted by Gasteiger charge is -2.04. The Labute approximate surface area is 134 Å². The van der Waals surface area contributed by atoms with Crippen molar-refractivity contribution in [1.29, 1.82) is 0 Å². The third kappa shape index (κ3) is 3.97. The van der Waals surface area contributed by atoms with E-state index < -0.39 is 28.2 Å². The molecule has 0 radical (unpaired) electrons. The highest BCUT2D eigenvalue weighted by molar-refractivity contribution is 5.99. The molecule has 0 aromatic heterocycles. The van der Waals surface area contributed by atoms with E-state index in [0.717, 1.165) is 18.2 Å². The first kappa shape index (κ1) is 16.7. The summed E-state index contributed by atoms with van der Waals surface area (Å²) in [5.41, 5.74) is -0.348. The van der Waals surface area contributed by atoms with Crippen molar-refractivity contribution in [1.82, 2.24) is 0 Å². The minimum atomic E-state index is -0.881. The van der Waals surface area contributed by atoms with Gasteiger partial charge in [0.05, 0.1) is 15.4 Å². The van der Waals surface area contributed by atoms with Crippen molar-refractivity contribution in [2.24, 2.45) is 0 Å². The van der Waals surface area contributed by atoms with Crippen LogP contribution in [0.2, 0.25) is 0 Å². The zero-order valence-electron chi connectivity index (χ0n) is 12.1. The minimum absolute atomic E-state index is 0.0549. The third-order valence-electron chi connectivity index (χ3n) is 3.03. The fourth-order valence-corrected chi connectivity index (χ4v) is 1.81. The van der Waals surface area contributed by atoms with E-state index in [2.05, 4.69) is 0 Å². The van der Waals surface area contributed by atoms with Crippen LogP contribution in [0.1, 0.15) is 20.7 Å². The van der Waals surface area contributed by atoms with Crippen molar-refractivity contribution in [2.75, 3.05) is 6.61 Å². The number of esters is 1. The molecule has 2 aromatic rings. The Morgan fingerprint density at radius 3 is 2.08 bits per heavy atom. The van der Waals surface area contributed by atoms with E-state index in [1.807, 2.05) is 0 Å². The van der Waals surface area contributed by atoms with Gasteiger partial charge >= 0.3 is 5.97 Å². The number of ether oxygens (including phenoxy) is 1. The summed E-state index contributed by atoms with van der Waals surface area (Å²) in [7, 11) is 0. The Morgan fingerprint density at radius 2 is 1.50 bits per heavy atom. The number of benzene rings is 2. The van der Waals surface area contributed by atoms with Gasteiger partial charge in [-0.25, -0.2) is 4.79 Å². The standard InChI is InChI=1S/C15H10N2O7/c18-14(10-4-6-12(7-5-10)16(20)21)9-24-15(19)11-2-1-3-13(8-11)17(22)23/h1-8H,9H2. The molecule has 0 saturated carbocycles. The van der Waals surface area contributed by atoms with Crippen LogP contribution in [-0.2, 0) is 4.74 Å². The van der Waals surface area contributed by atoms with Crippen LogP contribution in [0.3, 0.4) is 0 Å². The van der Waals surface area contributed by atoms with Gasteiger partial charge in [-0.15, -0.1) is 0 Å². The maximum Gasteiger partial charge on any atom is 0.338 e. The van der Waals surface area contributed by atoms with Crippen molar-refractivity contribution in [3.05, 3.63) is 79.9 Å². The van der Waals surface area contributed by atoms with Crippen LogP contribution in [-0.4, -0.2) is 28.2 Å². The van der Waals surface area contributed by atoms with E-state index in [1.54, 1.807) is 0 Å². The number of nitro benzene ring substituents is 2. The highest BCUT2D eigenvalue weighted by Crippen LogP contribution is 2.15. The summed E-state index contributed by atoms with van der Waals surface area (Å²) in [6.07, 6.45) is 0. The predicted molar refractivity (Wildman–Crippen MR) is 80.8 cm³/mol. The number of hydrogen-bond donors (Lipinski definition) is 0. The summed E-state index contributed by atoms with van der Waals surface area (Å²) < 4.78 is 4.81. The Bertz CT molecular complexity index is 815. The van der Waals surface area contributed by atoms with Gasteiger partial charge in [-0.1, -0.05) is 6.07 Å². The van der Waals surface area contributed by atoms with Gasteiger partial charge in [0, 0.05) is 29.8 Å². The van der Waals surface area contributed by atoms with Crippen LogP contribution in [0.15, 0.2) is 48.5 Å². The molecule has 2 rings (SSSR count). The largest absolute Gasteiger partial charge is 0.454 e. The molecule has 2 aromatic carbocycles. The molecule has 0 fully saturated rings. The van der Waals surface area contributed by atoms with Gasteiger partial charge in [-0.05, 0) is 18.2 Å². The van der Waals surface area contributed by atoms with Gasteiger partial charge in [0.2, 0.25) is 0 Å². The highest BCUT2D eigenvalue weighted by Gasteiger charge is 2.15. The van der Waals surface area contributed by atoms with E-state index in [0.29, 0.717) is 0 Å². The zero-order chi connectivity index (χ0) is 17.7. The summed E-state index contributed by atoms with van der Waals surface area (Å²) in [5.74, 6) is -1.43. The van der Waals surface area contributed by atoms with E-state index >= 15 is 0 Å². The lowest BCUT2D eigenvalue weighted by Crippen LogP contribution is -2.14. The zero-order valence-corrected chi connectivity index (χ0v) is 12.1. The Morgan fingerprint density at radius 1 is 0.875 bits per heavy atom. The smallest absolute Gasteiger partial charge is 0.338 e. The van der Waals surface area contributed by atoms with Crippen LogP contribution in [0, 0.1) is 20.2 Å². The van der Waals surface area contributed by atoms with Gasteiger partial charge in [-0.2, -0.15) is 0 Å². The fourth-order valence-electron chi connectivity index (χ4n) is 1.81. The number of nitrogens with zero attached hydrogens (tertiary/aromatic N) is 2. The maximum atomic E-state index is 11.9. The van der Waals surface area contributed by atoms with Crippen LogP contribution in [0.4, 0.5) is 11.4 Å². The van der Waals surface area contributed by atoms with Gasteiger partial charge in [0.15, 0.2) is 12.4 Å². The predicted octanol–water partition coefficient (Wildman–Crippen LogP) is 2.54. The van der Waals surface area contributed by atoms with Crippen molar-refractivity contribution in [2.45, 2.75) is 0 Å². The number of carbonyl (C=O) groups is 2. The maximum absolute atomic E-state index is 11.9. The molecule has 0 spiro atoms. The fraction of sp³-hybridized carbons (Fsp3) is 0.0667. The number of carbonyl (C=O) groups excluding carboxylic acids is 2. The monoisotopic (exact) mass is 330 g/mol. The second kappa shape index (κ2) is 7.09. The van der Waals surface area contributed by atoms with Crippen molar-refractivity contribution in [3.63, 3.8) is 0 Å². The molecule has 0 heterocycles. The van der Waals surface area contributed by atoms with E-state index in [-0.39, 0.29) is 22.5 Å². The number of hydrogen-bond acceptors (Lipinski definition) is 7. The Kier molecular flexibility index (Phi) is 4.95. The molecule has 9 heteroatoms. The lowest BCUT2D eigenvalue weighted by molar-refractivity contribution is -0.385. The van der Waals surface area contributed by atoms with E-state index in [9.17, 15) is 29.8 Å². The molecular formula is C15H10N2O7. The first-order valence-corrected chi connectivity index (χ1v) is 6.57. The SMILES string of the molecule is O=C(COC(=O)c1cccc([N+](=O)[O-])c1)c1ccc([N+](=O)[O-])cc1. The molecule has 122 valence electrons. The average Bonchev–Trinajstić information content (AvgIpc) is 2.59. The van der Waals surface area contributed by atoms with Crippen molar-refractivity contribution < 1.29 is 24.2 Å². The second-order valence-corrected chi connectivity index (χ2v) is 4.61. The first-order chi connectivity index (χ1) is 11.4. The molecule has 0 saturated heterocycles. The molecule has 0 atom stereocenters. The minimum Gasteiger partial charge on any atom is -0.454 e. The molecule has 0 aliphatic rings. The summed E-state index contributed by atoms with van der Waals surface area (Å²) >= 11 is 0. The lowest BCUT2D eigenvalue weighted by atomic mass is 10.1. The molecule has 0 N–H and O–H groups in total. The van der Waals surface area contributed by atoms with Gasteiger partial charge in [-0.3, -0.25) is 25.0 Å². The average molecular weight is 330 g/mol. The Hall–Kier alpha value is -3.62. The molecular weight excluding hydrogens is 320 g/mol. The molecule has 0 unspecified atom stereocenters. The normalized spacial score (nSPS) is 10.0. The number of Topliss-reactive ketones (excluding diaryl/α,β-unsaturated/α-hetero) is 1. The summed E-state index contributed by atoms with van der Waals surface area (Å²) in [5, 5.41) is 21.2. The van der Waals surface area contributed by atoms with Crippen LogP contribution in [0.25, 0.3) is 0 Å². The van der Waals surface area contributed by atoms with Gasteiger partial charge in [0.25, 0.3) is 11.4 Å². The van der Waals surface area contributed by atoms with Crippen molar-refractivity contribution in [3.8, 4) is 0 Å². The van der Waals surface area contributed by atoms with Gasteiger partial charge < -0.3 is 4.74 Å². The molecule has 24 heavy (non-hydrogen) atoms. The van der Waals surface area contributed by atoms with Crippen LogP contribution in [0.5, 0.6) is 0 Å². The summed E-state index contributed by atoms with van der Waals surface area (Å²) in [6.45, 7) is -0.584. The topological polar surface area (TPSA) is 130 Å². The molecule has 9 nitrogen and oxygen atoms in total. The van der Waals surface area contributed by atoms with Gasteiger partial charge in [0.1, 0.15) is 0 Å². The number of nitro groups is 2. The van der Waals surface area contributed by atoms with Crippen LogP contribution >= 0.6 is 0 Å². The first-order valence-electron chi connectivity index (χ1n) is 6.57. The molecule has 0 aliphatic carbocycles. The van der Waals surface area contributed by atoms with E-state index in [4.69, 9.17) is 4.74 Å². The quantitative estimate of drug-likeness (QED) is 0.344.